The van der Waals surface area contributed by atoms with Gasteiger partial charge in [-0.2, -0.15) is 0 Å². The Morgan fingerprint density at radius 1 is 1.44 bits per heavy atom. The summed E-state index contributed by atoms with van der Waals surface area (Å²) in [6.45, 7) is 0. The second-order valence-electron chi connectivity index (χ2n) is 1.86. The largest absolute Gasteiger partial charge is 0.325 e. The molecule has 1 rings (SSSR count). The van der Waals surface area contributed by atoms with Crippen LogP contribution < -0.4 is 5.73 Å². The van der Waals surface area contributed by atoms with Crippen LogP contribution in [0.3, 0.4) is 0 Å². The lowest BCUT2D eigenvalue weighted by Crippen LogP contribution is -2.40. The van der Waals surface area contributed by atoms with Crippen LogP contribution in [0, 0.1) is 0 Å². The van der Waals surface area contributed by atoms with E-state index in [1.807, 2.05) is 12.1 Å². The molecule has 0 bridgehead atoms. The summed E-state index contributed by atoms with van der Waals surface area (Å²) in [7, 11) is 0. The molecule has 0 spiro atoms. The Kier molecular flexibility index (Phi) is 1.60. The zero-order valence-electron chi connectivity index (χ0n) is 5.00. The number of benzene rings is 1. The lowest BCUT2D eigenvalue weighted by atomic mass is 10.2. The number of rotatable bonds is 1. The SMILES string of the molecule is [NH3+]c1cccc(C=O)c1. The number of hydrogen-bond donors (Lipinski definition) is 1. The van der Waals surface area contributed by atoms with Crippen LogP contribution in [-0.4, -0.2) is 6.29 Å². The van der Waals surface area contributed by atoms with Crippen LogP contribution in [0.2, 0.25) is 0 Å². The summed E-state index contributed by atoms with van der Waals surface area (Å²) >= 11 is 0. The normalized spacial score (nSPS) is 9.00. The van der Waals surface area contributed by atoms with Crippen molar-refractivity contribution in [1.82, 2.24) is 0 Å². The van der Waals surface area contributed by atoms with E-state index < -0.39 is 0 Å². The predicted octanol–water partition coefficient (Wildman–Crippen LogP) is 0.372. The molecule has 0 unspecified atom stereocenters. The van der Waals surface area contributed by atoms with E-state index in [4.69, 9.17) is 0 Å². The number of carbonyl (C=O) groups excluding carboxylic acids is 1. The molecule has 0 fully saturated rings. The highest BCUT2D eigenvalue weighted by molar-refractivity contribution is 5.75. The van der Waals surface area contributed by atoms with Gasteiger partial charge < -0.3 is 5.73 Å². The molecule has 3 N–H and O–H groups in total. The first-order valence-electron chi connectivity index (χ1n) is 2.70. The number of hydrogen-bond acceptors (Lipinski definition) is 1. The molecule has 9 heavy (non-hydrogen) atoms. The van der Waals surface area contributed by atoms with Crippen molar-refractivity contribution in [3.63, 3.8) is 0 Å². The van der Waals surface area contributed by atoms with E-state index in [2.05, 4.69) is 5.73 Å². The third-order valence-electron chi connectivity index (χ3n) is 1.09. The highest BCUT2D eigenvalue weighted by Crippen LogP contribution is 2.00. The molecule has 0 amide bonds. The van der Waals surface area contributed by atoms with E-state index in [1.165, 1.54) is 0 Å². The molecule has 1 aromatic carbocycles. The molecule has 0 saturated heterocycles. The number of quaternary nitrogens is 1. The van der Waals surface area contributed by atoms with E-state index in [9.17, 15) is 4.79 Å². The topological polar surface area (TPSA) is 44.7 Å². The fourth-order valence-corrected chi connectivity index (χ4v) is 0.666. The first-order chi connectivity index (χ1) is 4.33. The molecule has 0 aliphatic rings. The van der Waals surface area contributed by atoms with Crippen LogP contribution in [0.25, 0.3) is 0 Å². The summed E-state index contributed by atoms with van der Waals surface area (Å²) in [6.07, 6.45) is 0.814. The average Bonchev–Trinajstić information content (AvgIpc) is 1.88. The Balaban J connectivity index is 3.07. The van der Waals surface area contributed by atoms with Crippen LogP contribution >= 0.6 is 0 Å². The van der Waals surface area contributed by atoms with Gasteiger partial charge >= 0.3 is 0 Å². The maximum absolute atomic E-state index is 10.1. The summed E-state index contributed by atoms with van der Waals surface area (Å²) in [4.78, 5) is 10.1. The Morgan fingerprint density at radius 3 is 2.67 bits per heavy atom. The van der Waals surface area contributed by atoms with Crippen LogP contribution in [0.15, 0.2) is 24.3 Å². The summed E-state index contributed by atoms with van der Waals surface area (Å²) in [5, 5.41) is 0. The molecule has 46 valence electrons. The van der Waals surface area contributed by atoms with Crippen LogP contribution in [0.4, 0.5) is 5.69 Å². The van der Waals surface area contributed by atoms with E-state index in [0.29, 0.717) is 5.56 Å². The minimum absolute atomic E-state index is 0.683. The molecule has 0 radical (unpaired) electrons. The van der Waals surface area contributed by atoms with Gasteiger partial charge in [-0.3, -0.25) is 4.79 Å². The van der Waals surface area contributed by atoms with Gasteiger partial charge in [0.2, 0.25) is 0 Å². The summed E-state index contributed by atoms with van der Waals surface area (Å²) < 4.78 is 0. The fraction of sp³-hybridized carbons (Fsp3) is 0. The number of carbonyl (C=O) groups is 1. The Hall–Kier alpha value is -1.15. The van der Waals surface area contributed by atoms with E-state index in [0.717, 1.165) is 12.0 Å². The molecule has 0 atom stereocenters. The lowest BCUT2D eigenvalue weighted by Gasteiger charge is -1.86. The van der Waals surface area contributed by atoms with Gasteiger partial charge in [-0.1, -0.05) is 12.1 Å². The third-order valence-corrected chi connectivity index (χ3v) is 1.09. The Bertz CT molecular complexity index is 220. The van der Waals surface area contributed by atoms with Gasteiger partial charge in [0.15, 0.2) is 0 Å². The van der Waals surface area contributed by atoms with Crippen LogP contribution in [-0.2, 0) is 0 Å². The van der Waals surface area contributed by atoms with Crippen molar-refractivity contribution in [2.24, 2.45) is 0 Å². The minimum Gasteiger partial charge on any atom is -0.325 e. The monoisotopic (exact) mass is 122 g/mol. The van der Waals surface area contributed by atoms with Crippen molar-refractivity contribution >= 4 is 12.0 Å². The van der Waals surface area contributed by atoms with Crippen LogP contribution in [0.5, 0.6) is 0 Å². The summed E-state index contributed by atoms with van der Waals surface area (Å²) in [5.41, 5.74) is 5.23. The van der Waals surface area contributed by atoms with E-state index in [-0.39, 0.29) is 0 Å². The predicted molar refractivity (Wildman–Crippen MR) is 34.4 cm³/mol. The highest BCUT2D eigenvalue weighted by atomic mass is 16.1. The lowest BCUT2D eigenvalue weighted by molar-refractivity contribution is -0.254. The Labute approximate surface area is 53.3 Å². The average molecular weight is 122 g/mol. The van der Waals surface area contributed by atoms with Gasteiger partial charge in [0, 0.05) is 11.6 Å². The van der Waals surface area contributed by atoms with Gasteiger partial charge in [0.1, 0.15) is 12.0 Å². The second-order valence-corrected chi connectivity index (χ2v) is 1.86. The third kappa shape index (κ3) is 1.37. The van der Waals surface area contributed by atoms with Gasteiger partial charge in [0.25, 0.3) is 0 Å². The van der Waals surface area contributed by atoms with Crippen molar-refractivity contribution in [1.29, 1.82) is 0 Å². The van der Waals surface area contributed by atoms with Crippen molar-refractivity contribution in [2.75, 3.05) is 0 Å². The molecule has 0 aliphatic heterocycles. The summed E-state index contributed by atoms with van der Waals surface area (Å²) in [6, 6.07) is 7.16. The van der Waals surface area contributed by atoms with Crippen LogP contribution in [0.1, 0.15) is 10.4 Å². The van der Waals surface area contributed by atoms with Gasteiger partial charge in [-0.05, 0) is 6.07 Å². The highest BCUT2D eigenvalue weighted by Gasteiger charge is 1.89. The van der Waals surface area contributed by atoms with Gasteiger partial charge in [0.05, 0.1) is 0 Å². The van der Waals surface area contributed by atoms with Crippen molar-refractivity contribution in [3.8, 4) is 0 Å². The molecule has 0 saturated carbocycles. The van der Waals surface area contributed by atoms with Crippen molar-refractivity contribution < 1.29 is 10.5 Å². The smallest absolute Gasteiger partial charge is 0.150 e. The first kappa shape index (κ1) is 5.98. The standard InChI is InChI=1S/C7H7NO/c8-7-3-1-2-6(4-7)5-9/h1-5H,8H2/p+1. The Morgan fingerprint density at radius 2 is 2.22 bits per heavy atom. The molecular weight excluding hydrogens is 114 g/mol. The maximum atomic E-state index is 10.1. The van der Waals surface area contributed by atoms with Gasteiger partial charge in [-0.15, -0.1) is 0 Å². The molecule has 0 aromatic heterocycles. The van der Waals surface area contributed by atoms with Gasteiger partial charge in [-0.25, -0.2) is 0 Å². The zero-order chi connectivity index (χ0) is 6.69. The number of aldehydes is 1. The zero-order valence-corrected chi connectivity index (χ0v) is 5.00. The van der Waals surface area contributed by atoms with Crippen molar-refractivity contribution in [3.05, 3.63) is 29.8 Å². The molecule has 1 aromatic rings. The maximum Gasteiger partial charge on any atom is 0.150 e. The molecular formula is C7H8NO+. The second kappa shape index (κ2) is 2.42. The quantitative estimate of drug-likeness (QED) is 0.537. The molecule has 0 aliphatic carbocycles. The fourth-order valence-electron chi connectivity index (χ4n) is 0.666. The molecule has 0 heterocycles. The first-order valence-corrected chi connectivity index (χ1v) is 2.70. The minimum atomic E-state index is 0.683. The molecule has 2 nitrogen and oxygen atoms in total. The molecule has 2 heteroatoms. The van der Waals surface area contributed by atoms with E-state index in [1.54, 1.807) is 12.1 Å². The van der Waals surface area contributed by atoms with Crippen molar-refractivity contribution in [2.45, 2.75) is 0 Å². The summed E-state index contributed by atoms with van der Waals surface area (Å²) in [5.74, 6) is 0. The van der Waals surface area contributed by atoms with E-state index >= 15 is 0 Å².